The second kappa shape index (κ2) is 4.13. The SMILES string of the molecule is CC1N(C(=O)O)CN(C(=O)O)CN1C(=O)O. The number of nitrogens with zero attached hydrogens (tertiary/aromatic N) is 3. The molecule has 0 atom stereocenters. The molecule has 0 aromatic carbocycles. The zero-order valence-electron chi connectivity index (χ0n) is 8.40. The number of rotatable bonds is 0. The van der Waals surface area contributed by atoms with Crippen LogP contribution in [0, 0.1) is 0 Å². The Balaban J connectivity index is 2.92. The van der Waals surface area contributed by atoms with Crippen molar-refractivity contribution in [2.45, 2.75) is 13.1 Å². The van der Waals surface area contributed by atoms with Gasteiger partial charge in [-0.05, 0) is 6.92 Å². The number of hydrogen-bond acceptors (Lipinski definition) is 3. The molecule has 0 bridgehead atoms. The number of hydrogen-bond donors (Lipinski definition) is 3. The molecule has 0 aromatic heterocycles. The van der Waals surface area contributed by atoms with Crippen molar-refractivity contribution in [2.24, 2.45) is 0 Å². The lowest BCUT2D eigenvalue weighted by molar-refractivity contribution is -0.0406. The monoisotopic (exact) mass is 233 g/mol. The van der Waals surface area contributed by atoms with Crippen LogP contribution in [0.1, 0.15) is 6.92 Å². The van der Waals surface area contributed by atoms with Crippen molar-refractivity contribution in [2.75, 3.05) is 13.3 Å². The molecular weight excluding hydrogens is 222 g/mol. The maximum atomic E-state index is 10.8. The quantitative estimate of drug-likeness (QED) is 0.549. The molecular formula is C7H11N3O6. The molecule has 0 aromatic rings. The van der Waals surface area contributed by atoms with Crippen LogP contribution in [0.15, 0.2) is 0 Å². The molecule has 3 amide bonds. The molecule has 9 nitrogen and oxygen atoms in total. The van der Waals surface area contributed by atoms with Crippen molar-refractivity contribution in [3.63, 3.8) is 0 Å². The topological polar surface area (TPSA) is 122 Å². The van der Waals surface area contributed by atoms with Gasteiger partial charge >= 0.3 is 18.3 Å². The molecule has 0 unspecified atom stereocenters. The first kappa shape index (κ1) is 11.9. The van der Waals surface area contributed by atoms with Crippen molar-refractivity contribution in [1.29, 1.82) is 0 Å². The van der Waals surface area contributed by atoms with Gasteiger partial charge < -0.3 is 15.3 Å². The van der Waals surface area contributed by atoms with E-state index in [4.69, 9.17) is 15.3 Å². The Bertz CT molecular complexity index is 308. The molecule has 1 aliphatic heterocycles. The molecule has 3 N–H and O–H groups in total. The number of amides is 3. The average Bonchev–Trinajstić information content (AvgIpc) is 2.16. The minimum Gasteiger partial charge on any atom is -0.465 e. The Labute approximate surface area is 90.1 Å². The van der Waals surface area contributed by atoms with Crippen LogP contribution in [0.2, 0.25) is 0 Å². The smallest absolute Gasteiger partial charge is 0.410 e. The molecule has 0 saturated carbocycles. The third-order valence-corrected chi connectivity index (χ3v) is 2.31. The molecule has 16 heavy (non-hydrogen) atoms. The van der Waals surface area contributed by atoms with Gasteiger partial charge in [0.1, 0.15) is 19.5 Å². The van der Waals surface area contributed by atoms with Gasteiger partial charge in [-0.3, -0.25) is 14.7 Å². The summed E-state index contributed by atoms with van der Waals surface area (Å²) >= 11 is 0. The van der Waals surface area contributed by atoms with Crippen LogP contribution in [-0.4, -0.2) is 67.8 Å². The van der Waals surface area contributed by atoms with E-state index in [1.807, 2.05) is 0 Å². The van der Waals surface area contributed by atoms with E-state index in [0.717, 1.165) is 9.80 Å². The van der Waals surface area contributed by atoms with E-state index in [0.29, 0.717) is 4.90 Å². The first-order valence-corrected chi connectivity index (χ1v) is 4.31. The third-order valence-electron chi connectivity index (χ3n) is 2.31. The van der Waals surface area contributed by atoms with E-state index in [1.165, 1.54) is 6.92 Å². The van der Waals surface area contributed by atoms with Gasteiger partial charge in [-0.15, -0.1) is 0 Å². The van der Waals surface area contributed by atoms with Crippen molar-refractivity contribution in [1.82, 2.24) is 14.7 Å². The normalized spacial score (nSPS) is 17.4. The van der Waals surface area contributed by atoms with Gasteiger partial charge in [-0.1, -0.05) is 0 Å². The van der Waals surface area contributed by atoms with E-state index in [9.17, 15) is 14.4 Å². The Kier molecular flexibility index (Phi) is 3.06. The Morgan fingerprint density at radius 3 is 1.56 bits per heavy atom. The fraction of sp³-hybridized carbons (Fsp3) is 0.571. The summed E-state index contributed by atoms with van der Waals surface area (Å²) in [5.41, 5.74) is 0. The highest BCUT2D eigenvalue weighted by atomic mass is 16.4. The van der Waals surface area contributed by atoms with Gasteiger partial charge in [-0.25, -0.2) is 14.4 Å². The summed E-state index contributed by atoms with van der Waals surface area (Å²) in [6, 6.07) is 0. The molecule has 9 heteroatoms. The van der Waals surface area contributed by atoms with Gasteiger partial charge in [0.2, 0.25) is 0 Å². The molecule has 0 radical (unpaired) electrons. The van der Waals surface area contributed by atoms with Crippen LogP contribution >= 0.6 is 0 Å². The van der Waals surface area contributed by atoms with Crippen LogP contribution in [0.3, 0.4) is 0 Å². The number of carboxylic acid groups (broad SMARTS) is 3. The van der Waals surface area contributed by atoms with Crippen LogP contribution in [0.25, 0.3) is 0 Å². The van der Waals surface area contributed by atoms with E-state index in [1.54, 1.807) is 0 Å². The molecule has 0 spiro atoms. The van der Waals surface area contributed by atoms with Crippen molar-refractivity contribution < 1.29 is 29.7 Å². The van der Waals surface area contributed by atoms with E-state index in [-0.39, 0.29) is 13.3 Å². The maximum absolute atomic E-state index is 10.8. The van der Waals surface area contributed by atoms with Gasteiger partial charge in [0.25, 0.3) is 0 Å². The highest BCUT2D eigenvalue weighted by molar-refractivity contribution is 5.72. The Hall–Kier alpha value is -2.19. The van der Waals surface area contributed by atoms with Crippen LogP contribution in [0.4, 0.5) is 14.4 Å². The molecule has 1 rings (SSSR count). The summed E-state index contributed by atoms with van der Waals surface area (Å²) in [5.74, 6) is 0. The molecule has 0 aliphatic carbocycles. The predicted molar refractivity (Wildman–Crippen MR) is 48.8 cm³/mol. The zero-order valence-corrected chi connectivity index (χ0v) is 8.40. The summed E-state index contributed by atoms with van der Waals surface area (Å²) in [4.78, 5) is 34.4. The van der Waals surface area contributed by atoms with E-state index >= 15 is 0 Å². The lowest BCUT2D eigenvalue weighted by atomic mass is 10.4. The first-order valence-electron chi connectivity index (χ1n) is 4.31. The largest absolute Gasteiger partial charge is 0.465 e. The molecule has 1 heterocycles. The second-order valence-corrected chi connectivity index (χ2v) is 3.24. The highest BCUT2D eigenvalue weighted by Gasteiger charge is 2.37. The summed E-state index contributed by atoms with van der Waals surface area (Å²) in [6.07, 6.45) is -5.02. The van der Waals surface area contributed by atoms with Crippen molar-refractivity contribution >= 4 is 18.3 Å². The van der Waals surface area contributed by atoms with Crippen molar-refractivity contribution in [3.8, 4) is 0 Å². The number of carbonyl (C=O) groups is 3. The minimum atomic E-state index is -1.37. The molecule has 90 valence electrons. The molecule has 1 fully saturated rings. The maximum Gasteiger partial charge on any atom is 0.410 e. The fourth-order valence-corrected chi connectivity index (χ4v) is 1.38. The fourth-order valence-electron chi connectivity index (χ4n) is 1.38. The van der Waals surface area contributed by atoms with E-state index < -0.39 is 24.4 Å². The van der Waals surface area contributed by atoms with Crippen molar-refractivity contribution in [3.05, 3.63) is 0 Å². The Morgan fingerprint density at radius 1 is 0.938 bits per heavy atom. The standard InChI is InChI=1S/C7H11N3O6/c1-4-9(6(13)14)2-8(5(11)12)3-10(4)7(15)16/h4H,2-3H2,1H3,(H,11,12)(H,13,14)(H,15,16). The molecule has 1 aliphatic rings. The highest BCUT2D eigenvalue weighted by Crippen LogP contribution is 2.15. The van der Waals surface area contributed by atoms with Crippen LogP contribution in [0.5, 0.6) is 0 Å². The molecule has 1 saturated heterocycles. The first-order chi connectivity index (χ1) is 7.34. The summed E-state index contributed by atoms with van der Waals surface area (Å²) in [5, 5.41) is 26.3. The minimum absolute atomic E-state index is 0.365. The van der Waals surface area contributed by atoms with E-state index in [2.05, 4.69) is 0 Å². The predicted octanol–water partition coefficient (Wildman–Crippen LogP) is 0.201. The lowest BCUT2D eigenvalue weighted by Gasteiger charge is -2.43. The summed E-state index contributed by atoms with van der Waals surface area (Å²) in [7, 11) is 0. The van der Waals surface area contributed by atoms with Gasteiger partial charge in [0, 0.05) is 0 Å². The van der Waals surface area contributed by atoms with Crippen LogP contribution in [-0.2, 0) is 0 Å². The zero-order chi connectivity index (χ0) is 12.5. The summed E-state index contributed by atoms with van der Waals surface area (Å²) < 4.78 is 0. The second-order valence-electron chi connectivity index (χ2n) is 3.24. The van der Waals surface area contributed by atoms with Gasteiger partial charge in [0.05, 0.1) is 0 Å². The summed E-state index contributed by atoms with van der Waals surface area (Å²) in [6.45, 7) is 0.645. The van der Waals surface area contributed by atoms with Crippen LogP contribution < -0.4 is 0 Å². The Morgan fingerprint density at radius 2 is 1.31 bits per heavy atom. The average molecular weight is 233 g/mol. The van der Waals surface area contributed by atoms with Gasteiger partial charge in [0.15, 0.2) is 0 Å². The third kappa shape index (κ3) is 2.07. The van der Waals surface area contributed by atoms with Gasteiger partial charge in [-0.2, -0.15) is 0 Å². The lowest BCUT2D eigenvalue weighted by Crippen LogP contribution is -2.63.